The molecule has 0 saturated heterocycles. The zero-order valence-electron chi connectivity index (χ0n) is 22.3. The first-order valence-electron chi connectivity index (χ1n) is 12.3. The van der Waals surface area contributed by atoms with Crippen LogP contribution in [0, 0.1) is 0 Å². The zero-order chi connectivity index (χ0) is 27.2. The van der Waals surface area contributed by atoms with Gasteiger partial charge in [0.2, 0.25) is 0 Å². The average Bonchev–Trinajstić information content (AvgIpc) is 3.59. The van der Waals surface area contributed by atoms with E-state index in [0.29, 0.717) is 17.9 Å². The highest BCUT2D eigenvalue weighted by Crippen LogP contribution is 2.34. The molecule has 7 nitrogen and oxygen atoms in total. The average molecular weight is 531 g/mol. The number of carbonyl (C=O) groups excluding carboxylic acids is 2. The third-order valence-corrected chi connectivity index (χ3v) is 7.33. The van der Waals surface area contributed by atoms with Crippen LogP contribution in [0.3, 0.4) is 0 Å². The first kappa shape index (κ1) is 25.7. The highest BCUT2D eigenvalue weighted by atomic mass is 32.1. The van der Waals surface area contributed by atoms with E-state index in [1.807, 2.05) is 35.0 Å². The number of methoxy groups -OCH3 is 1. The molecule has 0 radical (unpaired) electrons. The van der Waals surface area contributed by atoms with E-state index >= 15 is 0 Å². The van der Waals surface area contributed by atoms with E-state index in [1.165, 1.54) is 7.11 Å². The third kappa shape index (κ3) is 4.84. The maximum Gasteiger partial charge on any atom is 0.349 e. The fourth-order valence-electron chi connectivity index (χ4n) is 4.40. The summed E-state index contributed by atoms with van der Waals surface area (Å²) < 4.78 is 18.8. The molecule has 0 saturated carbocycles. The van der Waals surface area contributed by atoms with Crippen LogP contribution < -0.4 is 4.74 Å². The summed E-state index contributed by atoms with van der Waals surface area (Å²) in [5, 5.41) is 4.71. The Hall–Kier alpha value is -3.91. The van der Waals surface area contributed by atoms with Crippen LogP contribution in [0.15, 0.2) is 58.5 Å². The number of carbonyl (C=O) groups is 2. The van der Waals surface area contributed by atoms with E-state index < -0.39 is 11.6 Å². The molecule has 5 rings (SSSR count). The summed E-state index contributed by atoms with van der Waals surface area (Å²) in [7, 11) is 1.32. The predicted molar refractivity (Wildman–Crippen MR) is 149 cm³/mol. The van der Waals surface area contributed by atoms with Crippen molar-refractivity contribution >= 4 is 45.5 Å². The molecule has 0 aliphatic heterocycles. The van der Waals surface area contributed by atoms with Gasteiger partial charge < -0.3 is 18.5 Å². The number of thiazole rings is 1. The number of fused-ring (bicyclic) bond motifs is 2. The van der Waals surface area contributed by atoms with E-state index in [0.717, 1.165) is 50.2 Å². The maximum atomic E-state index is 12.0. The number of ether oxygens (including phenoxy) is 2. The van der Waals surface area contributed by atoms with Gasteiger partial charge in [-0.2, -0.15) is 0 Å². The quantitative estimate of drug-likeness (QED) is 0.166. The van der Waals surface area contributed by atoms with Crippen molar-refractivity contribution in [1.82, 2.24) is 9.55 Å². The fraction of sp³-hybridized carbons (Fsp3) is 0.300. The van der Waals surface area contributed by atoms with Crippen molar-refractivity contribution in [1.29, 1.82) is 0 Å². The Morgan fingerprint density at radius 1 is 1.11 bits per heavy atom. The molecular weight excluding hydrogens is 500 g/mol. The second-order valence-electron chi connectivity index (χ2n) is 10.9. The van der Waals surface area contributed by atoms with E-state index in [-0.39, 0.29) is 5.41 Å². The summed E-state index contributed by atoms with van der Waals surface area (Å²) in [4.78, 5) is 28.7. The first-order valence-corrected chi connectivity index (χ1v) is 13.2. The van der Waals surface area contributed by atoms with E-state index in [1.54, 1.807) is 37.3 Å². The number of hydrogen-bond donors (Lipinski definition) is 0. The zero-order valence-corrected chi connectivity index (χ0v) is 23.1. The van der Waals surface area contributed by atoms with Crippen LogP contribution in [-0.2, 0) is 21.5 Å². The molecule has 196 valence electrons. The Morgan fingerprint density at radius 3 is 2.58 bits per heavy atom. The van der Waals surface area contributed by atoms with Crippen molar-refractivity contribution in [3.63, 3.8) is 0 Å². The number of hydrogen-bond acceptors (Lipinski definition) is 7. The molecule has 38 heavy (non-hydrogen) atoms. The van der Waals surface area contributed by atoms with Crippen molar-refractivity contribution in [3.8, 4) is 16.5 Å². The summed E-state index contributed by atoms with van der Waals surface area (Å²) in [5.74, 6) is 0.765. The second kappa shape index (κ2) is 9.44. The molecular formula is C30H30N2O5S. The number of nitrogens with zero attached hydrogens (tertiary/aromatic N) is 2. The van der Waals surface area contributed by atoms with E-state index in [2.05, 4.69) is 32.2 Å². The van der Waals surface area contributed by atoms with Gasteiger partial charge in [-0.25, -0.2) is 9.78 Å². The number of aromatic nitrogens is 2. The minimum absolute atomic E-state index is 0.0156. The smallest absolute Gasteiger partial charge is 0.349 e. The second-order valence-corrected chi connectivity index (χ2v) is 11.7. The van der Waals surface area contributed by atoms with Crippen molar-refractivity contribution in [2.45, 2.75) is 52.2 Å². The molecule has 0 aliphatic carbocycles. The summed E-state index contributed by atoms with van der Waals surface area (Å²) in [5.41, 5.74) is 3.19. The molecule has 0 aliphatic rings. The Balaban J connectivity index is 1.43. The summed E-state index contributed by atoms with van der Waals surface area (Å²) in [6.45, 7) is 10.3. The molecule has 0 atom stereocenters. The summed E-state index contributed by atoms with van der Waals surface area (Å²) in [6, 6.07) is 13.6. The van der Waals surface area contributed by atoms with Gasteiger partial charge in [0.25, 0.3) is 0 Å². The van der Waals surface area contributed by atoms with Crippen molar-refractivity contribution < 1.29 is 23.5 Å². The fourth-order valence-corrected chi connectivity index (χ4v) is 5.40. The Morgan fingerprint density at radius 2 is 1.89 bits per heavy atom. The minimum Gasteiger partial charge on any atom is -0.476 e. The number of esters is 1. The van der Waals surface area contributed by atoms with Crippen LogP contribution in [0.5, 0.6) is 5.75 Å². The predicted octanol–water partition coefficient (Wildman–Crippen LogP) is 7.00. The van der Waals surface area contributed by atoms with Crippen molar-refractivity contribution in [3.05, 3.63) is 70.9 Å². The normalized spacial score (nSPS) is 12.3. The summed E-state index contributed by atoms with van der Waals surface area (Å²) in [6.07, 6.45) is 2.67. The lowest BCUT2D eigenvalue weighted by Gasteiger charge is -2.23. The molecule has 0 bridgehead atoms. The lowest BCUT2D eigenvalue weighted by atomic mass is 9.93. The van der Waals surface area contributed by atoms with Gasteiger partial charge in [0.15, 0.2) is 22.7 Å². The van der Waals surface area contributed by atoms with Gasteiger partial charge >= 0.3 is 5.97 Å². The molecule has 0 spiro atoms. The Bertz CT molecular complexity index is 1670. The van der Waals surface area contributed by atoms with Crippen molar-refractivity contribution in [2.24, 2.45) is 0 Å². The highest BCUT2D eigenvalue weighted by Gasteiger charge is 2.31. The number of benzene rings is 2. The molecule has 3 heterocycles. The molecule has 5 aromatic rings. The Labute approximate surface area is 225 Å². The SMILES string of the molecule is COC(=O)C(C)(C)Oc1ccc2c(c1)c(C=O)cn2Cc1ccc2oc(-c3nc(C(C)(C)C)cs3)cc2c1. The minimum atomic E-state index is -1.15. The lowest BCUT2D eigenvalue weighted by Crippen LogP contribution is -2.39. The van der Waals surface area contributed by atoms with E-state index in [4.69, 9.17) is 18.9 Å². The van der Waals surface area contributed by atoms with Gasteiger partial charge in [-0.15, -0.1) is 11.3 Å². The van der Waals surface area contributed by atoms with Gasteiger partial charge in [0, 0.05) is 45.4 Å². The van der Waals surface area contributed by atoms with Gasteiger partial charge in [0.05, 0.1) is 12.8 Å². The standard InChI is InChI=1S/C30H30N2O5S/c1-29(2,3)26-17-38-27(31-26)25-12-19-11-18(7-10-24(19)36-25)14-32-15-20(16-33)22-13-21(8-9-23(22)32)37-30(4,5)28(34)35-6/h7-13,15-17H,14H2,1-6H3. The Kier molecular flexibility index (Phi) is 6.39. The highest BCUT2D eigenvalue weighted by molar-refractivity contribution is 7.13. The number of rotatable bonds is 7. The molecule has 8 heteroatoms. The molecule has 0 N–H and O–H groups in total. The summed E-state index contributed by atoms with van der Waals surface area (Å²) >= 11 is 1.59. The van der Waals surface area contributed by atoms with Crippen molar-refractivity contribution in [2.75, 3.05) is 7.11 Å². The first-order chi connectivity index (χ1) is 18.0. The van der Waals surface area contributed by atoms with E-state index in [9.17, 15) is 9.59 Å². The van der Waals surface area contributed by atoms with Gasteiger partial charge in [0.1, 0.15) is 11.3 Å². The van der Waals surface area contributed by atoms with Crippen LogP contribution in [0.25, 0.3) is 32.6 Å². The van der Waals surface area contributed by atoms with Crippen LogP contribution >= 0.6 is 11.3 Å². The molecule has 2 aromatic carbocycles. The maximum absolute atomic E-state index is 12.0. The largest absolute Gasteiger partial charge is 0.476 e. The van der Waals surface area contributed by atoms with Gasteiger partial charge in [-0.1, -0.05) is 26.8 Å². The topological polar surface area (TPSA) is 83.6 Å². The molecule has 0 amide bonds. The number of furan rings is 1. The van der Waals surface area contributed by atoms with Gasteiger partial charge in [-0.3, -0.25) is 4.79 Å². The van der Waals surface area contributed by atoms with Crippen LogP contribution in [0.4, 0.5) is 0 Å². The third-order valence-electron chi connectivity index (χ3n) is 6.48. The van der Waals surface area contributed by atoms with Crippen LogP contribution in [-0.4, -0.2) is 34.5 Å². The molecule has 0 fully saturated rings. The van der Waals surface area contributed by atoms with Gasteiger partial charge in [-0.05, 0) is 55.8 Å². The number of aldehydes is 1. The molecule has 3 aromatic heterocycles. The van der Waals surface area contributed by atoms with Crippen LogP contribution in [0.2, 0.25) is 0 Å². The monoisotopic (exact) mass is 530 g/mol. The lowest BCUT2D eigenvalue weighted by molar-refractivity contribution is -0.156. The molecule has 0 unspecified atom stereocenters. The van der Waals surface area contributed by atoms with Crippen LogP contribution in [0.1, 0.15) is 56.2 Å².